The van der Waals surface area contributed by atoms with Crippen molar-refractivity contribution in [2.45, 2.75) is 38.8 Å². The SMILES string of the molecule is CC(CCCO)NC(C)c1ncc(Br)s1. The number of thiazole rings is 1. The zero-order chi connectivity index (χ0) is 11.3. The van der Waals surface area contributed by atoms with E-state index in [0.717, 1.165) is 21.6 Å². The number of nitrogens with zero attached hydrogens (tertiary/aromatic N) is 1. The molecule has 0 aromatic carbocycles. The fraction of sp³-hybridized carbons (Fsp3) is 0.700. The second-order valence-corrected chi connectivity index (χ2v) is 6.10. The lowest BCUT2D eigenvalue weighted by Gasteiger charge is -2.17. The summed E-state index contributed by atoms with van der Waals surface area (Å²) in [6.45, 7) is 4.51. The summed E-state index contributed by atoms with van der Waals surface area (Å²) in [5, 5.41) is 13.3. The van der Waals surface area contributed by atoms with Gasteiger partial charge < -0.3 is 10.4 Å². The number of halogens is 1. The highest BCUT2D eigenvalue weighted by Gasteiger charge is 2.12. The number of aliphatic hydroxyl groups excluding tert-OH is 1. The van der Waals surface area contributed by atoms with Crippen molar-refractivity contribution >= 4 is 27.3 Å². The Hall–Kier alpha value is 0.0300. The Balaban J connectivity index is 2.38. The lowest BCUT2D eigenvalue weighted by atomic mass is 10.1. The van der Waals surface area contributed by atoms with Crippen LogP contribution in [-0.4, -0.2) is 22.7 Å². The molecule has 2 N–H and O–H groups in total. The number of rotatable bonds is 6. The summed E-state index contributed by atoms with van der Waals surface area (Å²) in [6, 6.07) is 0.685. The molecule has 1 aromatic heterocycles. The lowest BCUT2D eigenvalue weighted by molar-refractivity contribution is 0.274. The smallest absolute Gasteiger partial charge is 0.110 e. The summed E-state index contributed by atoms with van der Waals surface area (Å²) >= 11 is 5.06. The second kappa shape index (κ2) is 6.58. The van der Waals surface area contributed by atoms with E-state index < -0.39 is 0 Å². The van der Waals surface area contributed by atoms with Gasteiger partial charge in [0.1, 0.15) is 5.01 Å². The van der Waals surface area contributed by atoms with Crippen molar-refractivity contribution in [2.75, 3.05) is 6.61 Å². The highest BCUT2D eigenvalue weighted by molar-refractivity contribution is 9.11. The number of aromatic nitrogens is 1. The number of nitrogens with one attached hydrogen (secondary N) is 1. The quantitative estimate of drug-likeness (QED) is 0.847. The van der Waals surface area contributed by atoms with Crippen LogP contribution < -0.4 is 5.32 Å². The van der Waals surface area contributed by atoms with Gasteiger partial charge in [-0.05, 0) is 42.6 Å². The Kier molecular flexibility index (Phi) is 5.74. The van der Waals surface area contributed by atoms with Crippen LogP contribution in [0, 0.1) is 0 Å². The second-order valence-electron chi connectivity index (χ2n) is 3.66. The first-order chi connectivity index (χ1) is 7.13. The molecule has 0 amide bonds. The van der Waals surface area contributed by atoms with Gasteiger partial charge >= 0.3 is 0 Å². The van der Waals surface area contributed by atoms with Crippen LogP contribution in [0.1, 0.15) is 37.7 Å². The van der Waals surface area contributed by atoms with Gasteiger partial charge in [0.15, 0.2) is 0 Å². The van der Waals surface area contributed by atoms with E-state index >= 15 is 0 Å². The Morgan fingerprint density at radius 1 is 1.60 bits per heavy atom. The maximum atomic E-state index is 8.73. The number of aliphatic hydroxyl groups is 1. The first kappa shape index (κ1) is 13.1. The third-order valence-corrected chi connectivity index (χ3v) is 3.85. The predicted octanol–water partition coefficient (Wildman–Crippen LogP) is 2.72. The highest BCUT2D eigenvalue weighted by atomic mass is 79.9. The van der Waals surface area contributed by atoms with Gasteiger partial charge in [-0.1, -0.05) is 0 Å². The summed E-state index contributed by atoms with van der Waals surface area (Å²) in [7, 11) is 0. The first-order valence-corrected chi connectivity index (χ1v) is 6.72. The molecule has 0 fully saturated rings. The van der Waals surface area contributed by atoms with Crippen LogP contribution in [0.25, 0.3) is 0 Å². The van der Waals surface area contributed by atoms with Crippen molar-refractivity contribution < 1.29 is 5.11 Å². The molecule has 0 aliphatic rings. The molecule has 0 aliphatic carbocycles. The van der Waals surface area contributed by atoms with Crippen LogP contribution in [0.4, 0.5) is 0 Å². The Morgan fingerprint density at radius 2 is 2.33 bits per heavy atom. The number of hydrogen-bond donors (Lipinski definition) is 2. The van der Waals surface area contributed by atoms with Crippen molar-refractivity contribution in [1.29, 1.82) is 0 Å². The van der Waals surface area contributed by atoms with Crippen molar-refractivity contribution in [3.8, 4) is 0 Å². The highest BCUT2D eigenvalue weighted by Crippen LogP contribution is 2.24. The molecule has 86 valence electrons. The zero-order valence-corrected chi connectivity index (χ0v) is 11.4. The van der Waals surface area contributed by atoms with Crippen molar-refractivity contribution in [3.05, 3.63) is 15.0 Å². The average Bonchev–Trinajstić information content (AvgIpc) is 2.61. The molecule has 2 atom stereocenters. The Labute approximate surface area is 103 Å². The zero-order valence-electron chi connectivity index (χ0n) is 9.03. The van der Waals surface area contributed by atoms with Crippen LogP contribution >= 0.6 is 27.3 Å². The van der Waals surface area contributed by atoms with Gasteiger partial charge in [0.05, 0.1) is 16.0 Å². The Bertz CT molecular complexity index is 293. The van der Waals surface area contributed by atoms with E-state index in [1.165, 1.54) is 0 Å². The van der Waals surface area contributed by atoms with Gasteiger partial charge in [-0.3, -0.25) is 0 Å². The summed E-state index contributed by atoms with van der Waals surface area (Å²) < 4.78 is 1.06. The van der Waals surface area contributed by atoms with Gasteiger partial charge in [0.2, 0.25) is 0 Å². The van der Waals surface area contributed by atoms with Crippen LogP contribution in [0.3, 0.4) is 0 Å². The van der Waals surface area contributed by atoms with E-state index in [9.17, 15) is 0 Å². The van der Waals surface area contributed by atoms with Crippen molar-refractivity contribution in [3.63, 3.8) is 0 Å². The molecular weight excluding hydrogens is 276 g/mol. The minimum absolute atomic E-state index is 0.267. The van der Waals surface area contributed by atoms with Gasteiger partial charge in [-0.15, -0.1) is 11.3 Å². The molecule has 0 bridgehead atoms. The standard InChI is InChI=1S/C10H17BrN2OS/c1-7(4-3-5-14)13-8(2)10-12-6-9(11)15-10/h6-8,13-14H,3-5H2,1-2H3. The van der Waals surface area contributed by atoms with Crippen LogP contribution in [0.5, 0.6) is 0 Å². The van der Waals surface area contributed by atoms with Crippen LogP contribution in [-0.2, 0) is 0 Å². The average molecular weight is 293 g/mol. The fourth-order valence-electron chi connectivity index (χ4n) is 1.45. The molecule has 0 spiro atoms. The minimum Gasteiger partial charge on any atom is -0.396 e. The van der Waals surface area contributed by atoms with Crippen molar-refractivity contribution in [2.24, 2.45) is 0 Å². The van der Waals surface area contributed by atoms with Gasteiger partial charge in [0.25, 0.3) is 0 Å². The summed E-state index contributed by atoms with van der Waals surface area (Å²) in [4.78, 5) is 4.31. The molecule has 0 aliphatic heterocycles. The molecule has 1 aromatic rings. The van der Waals surface area contributed by atoms with E-state index in [2.05, 4.69) is 40.1 Å². The van der Waals surface area contributed by atoms with Crippen molar-refractivity contribution in [1.82, 2.24) is 10.3 Å². The molecule has 1 heterocycles. The summed E-state index contributed by atoms with van der Waals surface area (Å²) in [5.74, 6) is 0. The topological polar surface area (TPSA) is 45.1 Å². The van der Waals surface area contributed by atoms with E-state index in [0.29, 0.717) is 6.04 Å². The fourth-order valence-corrected chi connectivity index (χ4v) is 2.70. The Morgan fingerprint density at radius 3 is 2.87 bits per heavy atom. The van der Waals surface area contributed by atoms with E-state index in [1.807, 2.05) is 6.20 Å². The van der Waals surface area contributed by atoms with E-state index in [4.69, 9.17) is 5.11 Å². The van der Waals surface area contributed by atoms with E-state index in [-0.39, 0.29) is 12.6 Å². The lowest BCUT2D eigenvalue weighted by Crippen LogP contribution is -2.29. The van der Waals surface area contributed by atoms with Crippen LogP contribution in [0.2, 0.25) is 0 Å². The van der Waals surface area contributed by atoms with Gasteiger partial charge in [0, 0.05) is 12.6 Å². The first-order valence-electron chi connectivity index (χ1n) is 5.11. The molecule has 0 radical (unpaired) electrons. The molecule has 5 heteroatoms. The van der Waals surface area contributed by atoms with E-state index in [1.54, 1.807) is 11.3 Å². The summed E-state index contributed by atoms with van der Waals surface area (Å²) in [6.07, 6.45) is 3.67. The maximum Gasteiger partial charge on any atom is 0.110 e. The third kappa shape index (κ3) is 4.59. The largest absolute Gasteiger partial charge is 0.396 e. The molecular formula is C10H17BrN2OS. The number of hydrogen-bond acceptors (Lipinski definition) is 4. The molecule has 3 nitrogen and oxygen atoms in total. The van der Waals surface area contributed by atoms with Gasteiger partial charge in [-0.2, -0.15) is 0 Å². The molecule has 15 heavy (non-hydrogen) atoms. The van der Waals surface area contributed by atoms with Gasteiger partial charge in [-0.25, -0.2) is 4.98 Å². The maximum absolute atomic E-state index is 8.73. The molecule has 0 saturated heterocycles. The minimum atomic E-state index is 0.267. The molecule has 1 rings (SSSR count). The van der Waals surface area contributed by atoms with Crippen LogP contribution in [0.15, 0.2) is 9.98 Å². The molecule has 2 unspecified atom stereocenters. The summed E-state index contributed by atoms with van der Waals surface area (Å²) in [5.41, 5.74) is 0. The monoisotopic (exact) mass is 292 g/mol. The predicted molar refractivity (Wildman–Crippen MR) is 67.1 cm³/mol. The third-order valence-electron chi connectivity index (χ3n) is 2.20. The molecule has 0 saturated carbocycles. The normalized spacial score (nSPS) is 15.2.